The second-order valence-corrected chi connectivity index (χ2v) is 6.10. The van der Waals surface area contributed by atoms with E-state index in [1.165, 1.54) is 4.68 Å². The van der Waals surface area contributed by atoms with Crippen LogP contribution in [0.3, 0.4) is 0 Å². The first-order valence-electron chi connectivity index (χ1n) is 7.05. The Morgan fingerprint density at radius 2 is 2.19 bits per heavy atom. The molecule has 0 saturated carbocycles. The van der Waals surface area contributed by atoms with E-state index in [0.717, 1.165) is 25.2 Å². The third kappa shape index (κ3) is 4.42. The van der Waals surface area contributed by atoms with Crippen molar-refractivity contribution in [3.8, 4) is 0 Å². The van der Waals surface area contributed by atoms with Gasteiger partial charge in [-0.3, -0.25) is 9.48 Å². The molecule has 0 fully saturated rings. The zero-order valence-corrected chi connectivity index (χ0v) is 13.9. The molecule has 21 heavy (non-hydrogen) atoms. The van der Waals surface area contributed by atoms with E-state index in [1.807, 2.05) is 16.9 Å². The SMILES string of the molecule is CC(C)Cn1ncc(NCCCn2cccn2)c(Br)c1=O. The fraction of sp³-hybridized carbons (Fsp3) is 0.500. The van der Waals surface area contributed by atoms with Crippen LogP contribution < -0.4 is 10.9 Å². The Labute approximate surface area is 132 Å². The molecular weight excluding hydrogens is 334 g/mol. The van der Waals surface area contributed by atoms with E-state index in [9.17, 15) is 4.79 Å². The van der Waals surface area contributed by atoms with Crippen LogP contribution >= 0.6 is 15.9 Å². The average molecular weight is 354 g/mol. The summed E-state index contributed by atoms with van der Waals surface area (Å²) in [6.07, 6.45) is 6.32. The van der Waals surface area contributed by atoms with E-state index < -0.39 is 0 Å². The van der Waals surface area contributed by atoms with Gasteiger partial charge >= 0.3 is 0 Å². The molecular formula is C14H20BrN5O. The van der Waals surface area contributed by atoms with Gasteiger partial charge in [0.15, 0.2) is 0 Å². The summed E-state index contributed by atoms with van der Waals surface area (Å²) in [6.45, 7) is 6.34. The van der Waals surface area contributed by atoms with Gasteiger partial charge < -0.3 is 5.32 Å². The molecule has 0 amide bonds. The number of nitrogens with zero attached hydrogens (tertiary/aromatic N) is 4. The highest BCUT2D eigenvalue weighted by Crippen LogP contribution is 2.16. The second kappa shape index (κ2) is 7.40. The van der Waals surface area contributed by atoms with Crippen LogP contribution in [-0.4, -0.2) is 26.1 Å². The minimum absolute atomic E-state index is 0.0965. The van der Waals surface area contributed by atoms with E-state index >= 15 is 0 Å². The predicted octanol–water partition coefficient (Wildman–Crippen LogP) is 2.36. The van der Waals surface area contributed by atoms with Crippen molar-refractivity contribution < 1.29 is 0 Å². The summed E-state index contributed by atoms with van der Waals surface area (Å²) >= 11 is 3.36. The van der Waals surface area contributed by atoms with Crippen LogP contribution in [0.15, 0.2) is 33.9 Å². The number of anilines is 1. The molecule has 7 heteroatoms. The quantitative estimate of drug-likeness (QED) is 0.776. The van der Waals surface area contributed by atoms with Gasteiger partial charge in [0, 0.05) is 32.0 Å². The fourth-order valence-electron chi connectivity index (χ4n) is 1.96. The van der Waals surface area contributed by atoms with Crippen LogP contribution in [0.1, 0.15) is 20.3 Å². The molecule has 0 aromatic carbocycles. The number of hydrogen-bond donors (Lipinski definition) is 1. The molecule has 0 aliphatic heterocycles. The molecule has 6 nitrogen and oxygen atoms in total. The monoisotopic (exact) mass is 353 g/mol. The number of aryl methyl sites for hydroxylation is 1. The largest absolute Gasteiger partial charge is 0.383 e. The Bertz CT molecular complexity index is 621. The van der Waals surface area contributed by atoms with E-state index in [-0.39, 0.29) is 5.56 Å². The Balaban J connectivity index is 1.91. The number of aromatic nitrogens is 4. The lowest BCUT2D eigenvalue weighted by Gasteiger charge is -2.11. The lowest BCUT2D eigenvalue weighted by molar-refractivity contribution is 0.462. The summed E-state index contributed by atoms with van der Waals surface area (Å²) < 4.78 is 3.91. The van der Waals surface area contributed by atoms with Crippen LogP contribution in [-0.2, 0) is 13.1 Å². The summed E-state index contributed by atoms with van der Waals surface area (Å²) in [6, 6.07) is 1.91. The molecule has 0 spiro atoms. The van der Waals surface area contributed by atoms with Gasteiger partial charge in [0.1, 0.15) is 4.47 Å². The molecule has 2 aromatic heterocycles. The molecule has 0 aliphatic rings. The summed E-state index contributed by atoms with van der Waals surface area (Å²) in [7, 11) is 0. The standard InChI is InChI=1S/C14H20BrN5O/c1-11(2)10-20-14(21)13(15)12(9-18-20)16-5-3-7-19-8-4-6-17-19/h4,6,8-9,11,16H,3,5,7,10H2,1-2H3. The fourth-order valence-corrected chi connectivity index (χ4v) is 2.41. The minimum atomic E-state index is -0.0965. The normalized spacial score (nSPS) is 11.0. The topological polar surface area (TPSA) is 64.7 Å². The van der Waals surface area contributed by atoms with Crippen molar-refractivity contribution in [2.45, 2.75) is 33.4 Å². The molecule has 114 valence electrons. The van der Waals surface area contributed by atoms with Gasteiger partial charge in [-0.2, -0.15) is 10.2 Å². The molecule has 0 bridgehead atoms. The Hall–Kier alpha value is -1.63. The molecule has 2 aromatic rings. The molecule has 1 N–H and O–H groups in total. The molecule has 2 rings (SSSR count). The van der Waals surface area contributed by atoms with E-state index in [4.69, 9.17) is 0 Å². The molecule has 0 aliphatic carbocycles. The van der Waals surface area contributed by atoms with Crippen molar-refractivity contribution in [1.29, 1.82) is 0 Å². The highest BCUT2D eigenvalue weighted by molar-refractivity contribution is 9.10. The highest BCUT2D eigenvalue weighted by Gasteiger charge is 2.09. The number of rotatable bonds is 7. The van der Waals surface area contributed by atoms with Gasteiger partial charge in [0.05, 0.1) is 11.9 Å². The first-order chi connectivity index (χ1) is 10.1. The van der Waals surface area contributed by atoms with E-state index in [1.54, 1.807) is 12.4 Å². The summed E-state index contributed by atoms with van der Waals surface area (Å²) in [5.41, 5.74) is 0.640. The summed E-state index contributed by atoms with van der Waals surface area (Å²) in [4.78, 5) is 12.1. The maximum atomic E-state index is 12.1. The smallest absolute Gasteiger partial charge is 0.283 e. The van der Waals surface area contributed by atoms with Crippen molar-refractivity contribution in [3.63, 3.8) is 0 Å². The lowest BCUT2D eigenvalue weighted by atomic mass is 10.2. The second-order valence-electron chi connectivity index (χ2n) is 5.30. The third-order valence-corrected chi connectivity index (χ3v) is 3.73. The van der Waals surface area contributed by atoms with Gasteiger partial charge in [0.25, 0.3) is 5.56 Å². The predicted molar refractivity (Wildman–Crippen MR) is 86.4 cm³/mol. The molecule has 0 saturated heterocycles. The van der Waals surface area contributed by atoms with Crippen LogP contribution in [0.5, 0.6) is 0 Å². The van der Waals surface area contributed by atoms with Crippen molar-refractivity contribution in [2.24, 2.45) is 5.92 Å². The lowest BCUT2D eigenvalue weighted by Crippen LogP contribution is -2.26. The Morgan fingerprint density at radius 1 is 1.38 bits per heavy atom. The van der Waals surface area contributed by atoms with Gasteiger partial charge in [-0.25, -0.2) is 4.68 Å². The summed E-state index contributed by atoms with van der Waals surface area (Å²) in [5, 5.41) is 11.6. The Kier molecular flexibility index (Phi) is 5.55. The number of hydrogen-bond acceptors (Lipinski definition) is 4. The molecule has 2 heterocycles. The van der Waals surface area contributed by atoms with Crippen LogP contribution in [0, 0.1) is 5.92 Å². The molecule has 0 atom stereocenters. The number of nitrogens with one attached hydrogen (secondary N) is 1. The first kappa shape index (κ1) is 15.8. The van der Waals surface area contributed by atoms with E-state index in [0.29, 0.717) is 16.9 Å². The van der Waals surface area contributed by atoms with Crippen molar-refractivity contribution in [1.82, 2.24) is 19.6 Å². The van der Waals surface area contributed by atoms with Crippen molar-refractivity contribution in [2.75, 3.05) is 11.9 Å². The maximum Gasteiger partial charge on any atom is 0.283 e. The first-order valence-corrected chi connectivity index (χ1v) is 7.84. The Morgan fingerprint density at radius 3 is 2.86 bits per heavy atom. The average Bonchev–Trinajstić information content (AvgIpc) is 2.95. The minimum Gasteiger partial charge on any atom is -0.383 e. The van der Waals surface area contributed by atoms with Gasteiger partial charge in [-0.1, -0.05) is 13.8 Å². The van der Waals surface area contributed by atoms with Crippen LogP contribution in [0.2, 0.25) is 0 Å². The third-order valence-electron chi connectivity index (χ3n) is 2.96. The number of halogens is 1. The highest BCUT2D eigenvalue weighted by atomic mass is 79.9. The van der Waals surface area contributed by atoms with Gasteiger partial charge in [-0.05, 0) is 34.3 Å². The zero-order valence-electron chi connectivity index (χ0n) is 12.3. The van der Waals surface area contributed by atoms with Crippen molar-refractivity contribution in [3.05, 3.63) is 39.5 Å². The zero-order chi connectivity index (χ0) is 15.2. The maximum absolute atomic E-state index is 12.1. The van der Waals surface area contributed by atoms with Crippen LogP contribution in [0.25, 0.3) is 0 Å². The molecule has 0 radical (unpaired) electrons. The van der Waals surface area contributed by atoms with Crippen LogP contribution in [0.4, 0.5) is 5.69 Å². The van der Waals surface area contributed by atoms with Gasteiger partial charge in [0.2, 0.25) is 0 Å². The van der Waals surface area contributed by atoms with Gasteiger partial charge in [-0.15, -0.1) is 0 Å². The summed E-state index contributed by atoms with van der Waals surface area (Å²) in [5.74, 6) is 0.384. The van der Waals surface area contributed by atoms with Crippen molar-refractivity contribution >= 4 is 21.6 Å². The van der Waals surface area contributed by atoms with E-state index in [2.05, 4.69) is 45.3 Å². The molecule has 0 unspecified atom stereocenters.